The second-order valence-corrected chi connectivity index (χ2v) is 12.5. The van der Waals surface area contributed by atoms with Gasteiger partial charge in [0.05, 0.1) is 11.7 Å². The summed E-state index contributed by atoms with van der Waals surface area (Å²) in [6.07, 6.45) is 2.02. The zero-order chi connectivity index (χ0) is 29.4. The quantitative estimate of drug-likeness (QED) is 0.256. The normalized spacial score (nSPS) is 18.9. The van der Waals surface area contributed by atoms with E-state index in [0.717, 1.165) is 58.6 Å². The Morgan fingerprint density at radius 2 is 1.48 bits per heavy atom. The lowest BCUT2D eigenvalue weighted by Crippen LogP contribution is -2.36. The van der Waals surface area contributed by atoms with Crippen molar-refractivity contribution in [1.29, 1.82) is 0 Å². The lowest BCUT2D eigenvalue weighted by Gasteiger charge is -2.26. The SMILES string of the molecule is CC(C)(C)OC(=O)N1CCC[C@H]1c1nc(-c2ccc(-c3ccc(-c4csc(C5CCCN5C(=O)O)n4)cc3)cc2)no1. The molecule has 0 saturated carbocycles. The molecule has 2 atom stereocenters. The summed E-state index contributed by atoms with van der Waals surface area (Å²) >= 11 is 1.51. The van der Waals surface area contributed by atoms with Gasteiger partial charge in [0, 0.05) is 29.6 Å². The van der Waals surface area contributed by atoms with E-state index in [2.05, 4.69) is 22.3 Å². The van der Waals surface area contributed by atoms with Gasteiger partial charge in [0.15, 0.2) is 0 Å². The van der Waals surface area contributed by atoms with Crippen LogP contribution in [0.5, 0.6) is 0 Å². The molecule has 0 radical (unpaired) electrons. The summed E-state index contributed by atoms with van der Waals surface area (Å²) in [5, 5.41) is 16.5. The molecule has 2 saturated heterocycles. The number of benzene rings is 2. The fourth-order valence-electron chi connectivity index (χ4n) is 5.52. The molecule has 1 N–H and O–H groups in total. The van der Waals surface area contributed by atoms with Crippen molar-refractivity contribution in [2.45, 2.75) is 64.1 Å². The topological polar surface area (TPSA) is 122 Å². The Morgan fingerprint density at radius 3 is 2.12 bits per heavy atom. The zero-order valence-electron chi connectivity index (χ0n) is 23.8. The number of thiazole rings is 1. The molecule has 0 bridgehead atoms. The molecule has 42 heavy (non-hydrogen) atoms. The third-order valence-corrected chi connectivity index (χ3v) is 8.52. The maximum atomic E-state index is 12.7. The Labute approximate surface area is 247 Å². The van der Waals surface area contributed by atoms with Crippen LogP contribution in [0.4, 0.5) is 9.59 Å². The summed E-state index contributed by atoms with van der Waals surface area (Å²) in [5.74, 6) is 0.896. The van der Waals surface area contributed by atoms with Crippen molar-refractivity contribution in [3.63, 3.8) is 0 Å². The van der Waals surface area contributed by atoms with Crippen LogP contribution >= 0.6 is 11.3 Å². The van der Waals surface area contributed by atoms with Crippen LogP contribution in [0.15, 0.2) is 58.4 Å². The first-order chi connectivity index (χ1) is 20.2. The van der Waals surface area contributed by atoms with E-state index in [-0.39, 0.29) is 18.2 Å². The number of carbonyl (C=O) groups is 2. The predicted octanol–water partition coefficient (Wildman–Crippen LogP) is 7.41. The van der Waals surface area contributed by atoms with Gasteiger partial charge < -0.3 is 14.4 Å². The Hall–Kier alpha value is -4.25. The standard InChI is InChI=1S/C31H33N5O5S/c1-31(2,3)40-30(39)36-17-4-6-24(36)27-33-26(34-41-27)22-14-10-20(11-15-22)19-8-12-21(13-9-19)23-18-42-28(32-23)25-7-5-16-35(25)29(37)38/h8-15,18,24-25H,4-7,16-17H2,1-3H3,(H,37,38)/t24-,25?/m0/s1. The van der Waals surface area contributed by atoms with E-state index in [1.165, 1.54) is 16.2 Å². The molecule has 218 valence electrons. The smallest absolute Gasteiger partial charge is 0.410 e. The highest BCUT2D eigenvalue weighted by Gasteiger charge is 2.37. The molecule has 2 aliphatic heterocycles. The van der Waals surface area contributed by atoms with Crippen molar-refractivity contribution in [1.82, 2.24) is 24.9 Å². The molecule has 1 unspecified atom stereocenters. The van der Waals surface area contributed by atoms with Crippen LogP contribution in [0, 0.1) is 0 Å². The van der Waals surface area contributed by atoms with Crippen molar-refractivity contribution in [3.8, 4) is 33.8 Å². The van der Waals surface area contributed by atoms with Gasteiger partial charge in [-0.1, -0.05) is 53.7 Å². The van der Waals surface area contributed by atoms with Crippen molar-refractivity contribution >= 4 is 23.5 Å². The van der Waals surface area contributed by atoms with E-state index in [9.17, 15) is 14.7 Å². The first kappa shape index (κ1) is 27.9. The minimum atomic E-state index is -0.886. The highest BCUT2D eigenvalue weighted by atomic mass is 32.1. The maximum absolute atomic E-state index is 12.7. The summed E-state index contributed by atoms with van der Waals surface area (Å²) in [4.78, 5) is 36.7. The van der Waals surface area contributed by atoms with Gasteiger partial charge in [-0.05, 0) is 57.6 Å². The highest BCUT2D eigenvalue weighted by molar-refractivity contribution is 7.10. The largest absolute Gasteiger partial charge is 0.465 e. The van der Waals surface area contributed by atoms with Crippen molar-refractivity contribution in [2.24, 2.45) is 0 Å². The van der Waals surface area contributed by atoms with Crippen LogP contribution in [0.1, 0.15) is 69.4 Å². The molecular formula is C31H33N5O5S. The lowest BCUT2D eigenvalue weighted by atomic mass is 10.0. The van der Waals surface area contributed by atoms with Gasteiger partial charge in [-0.15, -0.1) is 11.3 Å². The molecule has 4 heterocycles. The molecule has 11 heteroatoms. The number of likely N-dealkylation sites (tertiary alicyclic amines) is 2. The Kier molecular flexibility index (Phi) is 7.44. The summed E-state index contributed by atoms with van der Waals surface area (Å²) in [6, 6.07) is 15.7. The maximum Gasteiger partial charge on any atom is 0.410 e. The first-order valence-electron chi connectivity index (χ1n) is 14.2. The molecule has 2 amide bonds. The molecular weight excluding hydrogens is 554 g/mol. The summed E-state index contributed by atoms with van der Waals surface area (Å²) in [6.45, 7) is 6.71. The number of rotatable bonds is 5. The van der Waals surface area contributed by atoms with Crippen LogP contribution in [0.25, 0.3) is 33.8 Å². The molecule has 2 aromatic heterocycles. The minimum absolute atomic E-state index is 0.156. The molecule has 2 fully saturated rings. The van der Waals surface area contributed by atoms with Gasteiger partial charge in [-0.3, -0.25) is 9.80 Å². The van der Waals surface area contributed by atoms with E-state index >= 15 is 0 Å². The first-order valence-corrected chi connectivity index (χ1v) is 15.0. The highest BCUT2D eigenvalue weighted by Crippen LogP contribution is 2.37. The van der Waals surface area contributed by atoms with E-state index in [4.69, 9.17) is 14.2 Å². The molecule has 10 nitrogen and oxygen atoms in total. The van der Waals surface area contributed by atoms with Crippen LogP contribution in [-0.4, -0.2) is 60.9 Å². The van der Waals surface area contributed by atoms with Crippen molar-refractivity contribution in [3.05, 3.63) is 64.8 Å². The van der Waals surface area contributed by atoms with E-state index in [0.29, 0.717) is 24.8 Å². The van der Waals surface area contributed by atoms with Gasteiger partial charge in [0.1, 0.15) is 16.7 Å². The van der Waals surface area contributed by atoms with Gasteiger partial charge in [-0.25, -0.2) is 14.6 Å². The lowest BCUT2D eigenvalue weighted by molar-refractivity contribution is 0.0199. The van der Waals surface area contributed by atoms with E-state index in [1.807, 2.05) is 62.5 Å². The van der Waals surface area contributed by atoms with Crippen molar-refractivity contribution in [2.75, 3.05) is 13.1 Å². The third kappa shape index (κ3) is 5.74. The fourth-order valence-corrected chi connectivity index (χ4v) is 6.50. The molecule has 0 spiro atoms. The van der Waals surface area contributed by atoms with Crippen LogP contribution < -0.4 is 0 Å². The summed E-state index contributed by atoms with van der Waals surface area (Å²) in [5.41, 5.74) is 4.20. The number of carbonyl (C=O) groups excluding carboxylic acids is 1. The number of amides is 2. The predicted molar refractivity (Wildman–Crippen MR) is 158 cm³/mol. The van der Waals surface area contributed by atoms with Crippen LogP contribution in [0.3, 0.4) is 0 Å². The molecule has 2 aliphatic rings. The van der Waals surface area contributed by atoms with E-state index < -0.39 is 11.7 Å². The van der Waals surface area contributed by atoms with Crippen molar-refractivity contribution < 1.29 is 24.0 Å². The van der Waals surface area contributed by atoms with Gasteiger partial charge in [0.2, 0.25) is 11.7 Å². The number of nitrogens with zero attached hydrogens (tertiary/aromatic N) is 5. The molecule has 2 aromatic carbocycles. The average Bonchev–Trinajstić information content (AvgIpc) is 3.78. The van der Waals surface area contributed by atoms with Gasteiger partial charge in [-0.2, -0.15) is 4.98 Å². The molecule has 0 aliphatic carbocycles. The fraction of sp³-hybridized carbons (Fsp3) is 0.387. The molecule has 6 rings (SSSR count). The number of hydrogen-bond donors (Lipinski definition) is 1. The number of aromatic nitrogens is 3. The third-order valence-electron chi connectivity index (χ3n) is 7.57. The minimum Gasteiger partial charge on any atom is -0.465 e. The number of hydrogen-bond acceptors (Lipinski definition) is 8. The second-order valence-electron chi connectivity index (χ2n) is 11.6. The average molecular weight is 588 g/mol. The van der Waals surface area contributed by atoms with Gasteiger partial charge >= 0.3 is 12.2 Å². The van der Waals surface area contributed by atoms with Crippen LogP contribution in [-0.2, 0) is 4.74 Å². The number of carboxylic acid groups (broad SMARTS) is 1. The molecule has 4 aromatic rings. The Balaban J connectivity index is 1.13. The summed E-state index contributed by atoms with van der Waals surface area (Å²) in [7, 11) is 0. The summed E-state index contributed by atoms with van der Waals surface area (Å²) < 4.78 is 11.1. The second kappa shape index (κ2) is 11.2. The number of ether oxygens (including phenoxy) is 1. The Morgan fingerprint density at radius 1 is 0.881 bits per heavy atom. The monoisotopic (exact) mass is 587 g/mol. The van der Waals surface area contributed by atoms with E-state index in [1.54, 1.807) is 4.90 Å². The zero-order valence-corrected chi connectivity index (χ0v) is 24.6. The van der Waals surface area contributed by atoms with Gasteiger partial charge in [0.25, 0.3) is 0 Å². The van der Waals surface area contributed by atoms with Crippen LogP contribution in [0.2, 0.25) is 0 Å². The Bertz CT molecular complexity index is 1570.